The minimum atomic E-state index is 0.110. The molecule has 2 aromatic rings. The Morgan fingerprint density at radius 1 is 1.10 bits per heavy atom. The number of benzene rings is 2. The molecule has 0 saturated carbocycles. The first-order valence-corrected chi connectivity index (χ1v) is 8.08. The van der Waals surface area contributed by atoms with Gasteiger partial charge in [-0.2, -0.15) is 0 Å². The molecule has 0 heterocycles. The normalized spacial score (nSPS) is 12.4. The van der Waals surface area contributed by atoms with Gasteiger partial charge in [-0.3, -0.25) is 0 Å². The molecule has 0 saturated heterocycles. The van der Waals surface area contributed by atoms with E-state index < -0.39 is 0 Å². The van der Waals surface area contributed by atoms with Crippen molar-refractivity contribution in [2.24, 2.45) is 0 Å². The Hall–Kier alpha value is -0.730. The summed E-state index contributed by atoms with van der Waals surface area (Å²) in [5.74, 6) is 0. The molecule has 1 unspecified atom stereocenters. The Kier molecular flexibility index (Phi) is 5.95. The van der Waals surface area contributed by atoms with Crippen LogP contribution >= 0.6 is 34.8 Å². The summed E-state index contributed by atoms with van der Waals surface area (Å²) in [6, 6.07) is 11.8. The van der Waals surface area contributed by atoms with Crippen LogP contribution in [0.1, 0.15) is 29.7 Å². The first-order valence-electron chi connectivity index (χ1n) is 6.95. The van der Waals surface area contributed by atoms with Crippen LogP contribution in [-0.2, 0) is 6.42 Å². The standard InChI is InChI=1S/C17H18Cl3N/c1-3-21-16(14-6-4-5-11(2)17(14)20)10-12-9-13(18)7-8-15(12)19/h4-9,16,21H,3,10H2,1-2H3. The number of aryl methyl sites for hydroxylation is 1. The highest BCUT2D eigenvalue weighted by Crippen LogP contribution is 2.31. The summed E-state index contributed by atoms with van der Waals surface area (Å²) in [6.45, 7) is 4.95. The predicted octanol–water partition coefficient (Wildman–Crippen LogP) is 5.85. The summed E-state index contributed by atoms with van der Waals surface area (Å²) in [7, 11) is 0. The maximum absolute atomic E-state index is 6.46. The molecule has 0 fully saturated rings. The van der Waals surface area contributed by atoms with Crippen LogP contribution in [0.4, 0.5) is 0 Å². The molecule has 0 aliphatic heterocycles. The highest BCUT2D eigenvalue weighted by molar-refractivity contribution is 6.33. The van der Waals surface area contributed by atoms with Crippen LogP contribution in [0.15, 0.2) is 36.4 Å². The van der Waals surface area contributed by atoms with Gasteiger partial charge in [-0.05, 0) is 54.8 Å². The van der Waals surface area contributed by atoms with E-state index in [4.69, 9.17) is 34.8 Å². The van der Waals surface area contributed by atoms with Crippen LogP contribution in [0.5, 0.6) is 0 Å². The van der Waals surface area contributed by atoms with E-state index in [1.165, 1.54) is 0 Å². The molecule has 0 amide bonds. The van der Waals surface area contributed by atoms with Gasteiger partial charge in [-0.1, -0.05) is 59.9 Å². The Morgan fingerprint density at radius 2 is 1.86 bits per heavy atom. The van der Waals surface area contributed by atoms with E-state index >= 15 is 0 Å². The fourth-order valence-corrected chi connectivity index (χ4v) is 3.04. The van der Waals surface area contributed by atoms with Gasteiger partial charge in [-0.25, -0.2) is 0 Å². The summed E-state index contributed by atoms with van der Waals surface area (Å²) in [4.78, 5) is 0. The monoisotopic (exact) mass is 341 g/mol. The molecule has 2 rings (SSSR count). The maximum atomic E-state index is 6.46. The average molecular weight is 343 g/mol. The molecule has 0 bridgehead atoms. The molecular weight excluding hydrogens is 325 g/mol. The molecule has 21 heavy (non-hydrogen) atoms. The van der Waals surface area contributed by atoms with E-state index in [1.807, 2.05) is 31.2 Å². The largest absolute Gasteiger partial charge is 0.310 e. The minimum absolute atomic E-state index is 0.110. The van der Waals surface area contributed by atoms with Crippen LogP contribution in [-0.4, -0.2) is 6.54 Å². The Labute approximate surface area is 141 Å². The third-order valence-corrected chi connectivity index (χ3v) is 4.60. The maximum Gasteiger partial charge on any atom is 0.0483 e. The van der Waals surface area contributed by atoms with Crippen molar-refractivity contribution in [2.75, 3.05) is 6.54 Å². The fraction of sp³-hybridized carbons (Fsp3) is 0.294. The minimum Gasteiger partial charge on any atom is -0.310 e. The van der Waals surface area contributed by atoms with E-state index in [0.717, 1.165) is 39.7 Å². The third kappa shape index (κ3) is 4.14. The third-order valence-electron chi connectivity index (χ3n) is 3.48. The Bertz CT molecular complexity index is 625. The number of likely N-dealkylation sites (N-methyl/N-ethyl adjacent to an activating group) is 1. The molecule has 0 spiro atoms. The molecule has 0 aliphatic rings. The van der Waals surface area contributed by atoms with Crippen molar-refractivity contribution in [3.05, 3.63) is 68.2 Å². The number of hydrogen-bond donors (Lipinski definition) is 1. The van der Waals surface area contributed by atoms with Gasteiger partial charge in [0.15, 0.2) is 0 Å². The second kappa shape index (κ2) is 7.51. The summed E-state index contributed by atoms with van der Waals surface area (Å²) in [5.41, 5.74) is 3.19. The number of halogens is 3. The summed E-state index contributed by atoms with van der Waals surface area (Å²) in [5, 5.41) is 5.71. The topological polar surface area (TPSA) is 12.0 Å². The van der Waals surface area contributed by atoms with Gasteiger partial charge in [0.25, 0.3) is 0 Å². The van der Waals surface area contributed by atoms with E-state index in [0.29, 0.717) is 5.02 Å². The van der Waals surface area contributed by atoms with Crippen LogP contribution in [0, 0.1) is 6.92 Å². The first-order chi connectivity index (χ1) is 10.0. The molecular formula is C17H18Cl3N. The lowest BCUT2D eigenvalue weighted by Crippen LogP contribution is -2.23. The van der Waals surface area contributed by atoms with Crippen molar-refractivity contribution in [3.8, 4) is 0 Å². The smallest absolute Gasteiger partial charge is 0.0483 e. The molecule has 0 aliphatic carbocycles. The molecule has 0 aromatic heterocycles. The SMILES string of the molecule is CCNC(Cc1cc(Cl)ccc1Cl)c1cccc(C)c1Cl. The van der Waals surface area contributed by atoms with Gasteiger partial charge >= 0.3 is 0 Å². The molecule has 112 valence electrons. The molecule has 2 aromatic carbocycles. The molecule has 1 atom stereocenters. The number of hydrogen-bond acceptors (Lipinski definition) is 1. The Morgan fingerprint density at radius 3 is 2.57 bits per heavy atom. The number of nitrogens with one attached hydrogen (secondary N) is 1. The molecule has 1 nitrogen and oxygen atoms in total. The number of rotatable bonds is 5. The van der Waals surface area contributed by atoms with Crippen molar-refractivity contribution in [3.63, 3.8) is 0 Å². The van der Waals surface area contributed by atoms with Crippen LogP contribution in [0.3, 0.4) is 0 Å². The van der Waals surface area contributed by atoms with E-state index in [2.05, 4.69) is 18.3 Å². The van der Waals surface area contributed by atoms with Crippen molar-refractivity contribution >= 4 is 34.8 Å². The van der Waals surface area contributed by atoms with Crippen LogP contribution in [0.2, 0.25) is 15.1 Å². The van der Waals surface area contributed by atoms with Gasteiger partial charge in [0.05, 0.1) is 0 Å². The molecule has 1 N–H and O–H groups in total. The van der Waals surface area contributed by atoms with Crippen molar-refractivity contribution in [1.29, 1.82) is 0 Å². The lowest BCUT2D eigenvalue weighted by molar-refractivity contribution is 0.550. The quantitative estimate of drug-likeness (QED) is 0.719. The molecule has 0 radical (unpaired) electrons. The van der Waals surface area contributed by atoms with Crippen LogP contribution < -0.4 is 5.32 Å². The zero-order chi connectivity index (χ0) is 15.4. The predicted molar refractivity (Wildman–Crippen MR) is 92.8 cm³/mol. The van der Waals surface area contributed by atoms with Crippen LogP contribution in [0.25, 0.3) is 0 Å². The summed E-state index contributed by atoms with van der Waals surface area (Å²) in [6.07, 6.45) is 0.746. The second-order valence-electron chi connectivity index (χ2n) is 5.03. The van der Waals surface area contributed by atoms with Crippen molar-refractivity contribution in [1.82, 2.24) is 5.32 Å². The second-order valence-corrected chi connectivity index (χ2v) is 6.25. The van der Waals surface area contributed by atoms with Gasteiger partial charge < -0.3 is 5.32 Å². The average Bonchev–Trinajstić information content (AvgIpc) is 2.45. The van der Waals surface area contributed by atoms with Crippen molar-refractivity contribution in [2.45, 2.75) is 26.3 Å². The van der Waals surface area contributed by atoms with Gasteiger partial charge in [0.1, 0.15) is 0 Å². The zero-order valence-electron chi connectivity index (χ0n) is 12.1. The van der Waals surface area contributed by atoms with Gasteiger partial charge in [0, 0.05) is 21.1 Å². The summed E-state index contributed by atoms with van der Waals surface area (Å²) < 4.78 is 0. The highest BCUT2D eigenvalue weighted by atomic mass is 35.5. The van der Waals surface area contributed by atoms with Gasteiger partial charge in [0.2, 0.25) is 0 Å². The fourth-order valence-electron chi connectivity index (χ4n) is 2.40. The van der Waals surface area contributed by atoms with E-state index in [1.54, 1.807) is 6.07 Å². The first kappa shape index (κ1) is 16.6. The lowest BCUT2D eigenvalue weighted by atomic mass is 9.97. The lowest BCUT2D eigenvalue weighted by Gasteiger charge is -2.21. The highest BCUT2D eigenvalue weighted by Gasteiger charge is 2.17. The van der Waals surface area contributed by atoms with E-state index in [-0.39, 0.29) is 6.04 Å². The molecule has 4 heteroatoms. The zero-order valence-corrected chi connectivity index (χ0v) is 14.4. The Balaban J connectivity index is 2.35. The summed E-state index contributed by atoms with van der Waals surface area (Å²) >= 11 is 18.8. The van der Waals surface area contributed by atoms with E-state index in [9.17, 15) is 0 Å². The van der Waals surface area contributed by atoms with Crippen molar-refractivity contribution < 1.29 is 0 Å². The van der Waals surface area contributed by atoms with Gasteiger partial charge in [-0.15, -0.1) is 0 Å².